The van der Waals surface area contributed by atoms with Gasteiger partial charge in [0.1, 0.15) is 0 Å². The van der Waals surface area contributed by atoms with Crippen molar-refractivity contribution >= 4 is 38.0 Å². The van der Waals surface area contributed by atoms with Crippen LogP contribution in [0.1, 0.15) is 19.3 Å². The monoisotopic (exact) mass is 350 g/mol. The molecule has 3 aromatic rings. The summed E-state index contributed by atoms with van der Waals surface area (Å²) in [4.78, 5) is 16.4. The Morgan fingerprint density at radius 1 is 1.10 bits per heavy atom. The molecule has 0 aliphatic carbocycles. The van der Waals surface area contributed by atoms with Gasteiger partial charge in [-0.25, -0.2) is 4.79 Å². The summed E-state index contributed by atoms with van der Waals surface area (Å²) in [5.74, 6) is 0. The first kappa shape index (κ1) is 14.2. The molecule has 3 heterocycles. The van der Waals surface area contributed by atoms with Crippen LogP contribution in [-0.4, -0.2) is 33.4 Å². The zero-order valence-corrected chi connectivity index (χ0v) is 12.9. The number of imidazole rings is 1. The van der Waals surface area contributed by atoms with E-state index in [9.17, 15) is 4.79 Å². The van der Waals surface area contributed by atoms with E-state index in [0.29, 0.717) is 11.2 Å². The van der Waals surface area contributed by atoms with Crippen LogP contribution in [-0.2, 0) is 4.74 Å². The molecular formula is C14H15BrN4O2. The third-order valence-corrected chi connectivity index (χ3v) is 3.76. The Hall–Kier alpha value is -1.73. The lowest BCUT2D eigenvalue weighted by atomic mass is 10.2. The number of H-pyrrole nitrogens is 2. The number of nitrogens with zero attached hydrogens (tertiary/aromatic N) is 2. The molecule has 110 valence electrons. The summed E-state index contributed by atoms with van der Waals surface area (Å²) in [5, 5.41) is 8.78. The molecule has 1 fully saturated rings. The topological polar surface area (TPSA) is 83.7 Å². The Kier molecular flexibility index (Phi) is 4.31. The second kappa shape index (κ2) is 6.36. The zero-order chi connectivity index (χ0) is 14.7. The Morgan fingerprint density at radius 2 is 1.90 bits per heavy atom. The molecular weight excluding hydrogens is 336 g/mol. The minimum absolute atomic E-state index is 0.272. The summed E-state index contributed by atoms with van der Waals surface area (Å²) >= 11 is 3.37. The lowest BCUT2D eigenvalue weighted by molar-refractivity contribution is 0.0968. The number of hydrogen-bond donors (Lipinski definition) is 2. The molecule has 0 atom stereocenters. The van der Waals surface area contributed by atoms with Crippen molar-refractivity contribution in [2.75, 3.05) is 13.2 Å². The number of fused-ring (bicyclic) bond motifs is 3. The van der Waals surface area contributed by atoms with Crippen LogP contribution in [0.15, 0.2) is 27.5 Å². The Morgan fingerprint density at radius 3 is 2.57 bits per heavy atom. The second-order valence-corrected chi connectivity index (χ2v) is 5.75. The van der Waals surface area contributed by atoms with Gasteiger partial charge in [0.15, 0.2) is 5.65 Å². The average molecular weight is 351 g/mol. The molecule has 21 heavy (non-hydrogen) atoms. The van der Waals surface area contributed by atoms with E-state index in [-0.39, 0.29) is 5.69 Å². The largest absolute Gasteiger partial charge is 0.381 e. The van der Waals surface area contributed by atoms with Crippen LogP contribution in [0.5, 0.6) is 0 Å². The molecule has 4 rings (SSSR count). The minimum atomic E-state index is -0.272. The number of aromatic amines is 2. The van der Waals surface area contributed by atoms with Gasteiger partial charge in [0, 0.05) is 23.1 Å². The van der Waals surface area contributed by atoms with Crippen LogP contribution in [0, 0.1) is 0 Å². The maximum atomic E-state index is 11.1. The van der Waals surface area contributed by atoms with E-state index < -0.39 is 0 Å². The summed E-state index contributed by atoms with van der Waals surface area (Å²) in [6, 6.07) is 5.63. The Labute approximate surface area is 129 Å². The van der Waals surface area contributed by atoms with E-state index in [4.69, 9.17) is 4.74 Å². The summed E-state index contributed by atoms with van der Waals surface area (Å²) in [7, 11) is 0. The van der Waals surface area contributed by atoms with Crippen molar-refractivity contribution < 1.29 is 4.74 Å². The van der Waals surface area contributed by atoms with E-state index in [1.165, 1.54) is 19.3 Å². The number of ether oxygens (including phenoxy) is 1. The van der Waals surface area contributed by atoms with E-state index in [2.05, 4.69) is 36.1 Å². The standard InChI is InChI=1S/C9H5BrN4O.C5H10O/c10-4-1-2-6-5(3-4)7-8(14-13-6)12-9(15)11-7;1-2-4-6-5-3-1/h1-3H,(H2,11,12,14,15);1-5H2. The van der Waals surface area contributed by atoms with Crippen LogP contribution < -0.4 is 5.69 Å². The van der Waals surface area contributed by atoms with Gasteiger partial charge in [0.05, 0.1) is 11.0 Å². The quantitative estimate of drug-likeness (QED) is 0.652. The molecule has 0 saturated carbocycles. The third-order valence-electron chi connectivity index (χ3n) is 3.27. The summed E-state index contributed by atoms with van der Waals surface area (Å²) in [6.45, 7) is 2.00. The van der Waals surface area contributed by atoms with Crippen LogP contribution in [0.2, 0.25) is 0 Å². The number of benzene rings is 1. The van der Waals surface area contributed by atoms with Gasteiger partial charge in [-0.1, -0.05) is 15.9 Å². The molecule has 6 nitrogen and oxygen atoms in total. The highest BCUT2D eigenvalue weighted by molar-refractivity contribution is 9.10. The molecule has 7 heteroatoms. The van der Waals surface area contributed by atoms with Crippen molar-refractivity contribution in [1.29, 1.82) is 0 Å². The SMILES string of the molecule is C1CCOCC1.O=c1[nH]c2nnc3ccc(Br)cc3c2[nH]1. The fraction of sp³-hybridized carbons (Fsp3) is 0.357. The average Bonchev–Trinajstić information content (AvgIpc) is 2.90. The Bertz CT molecular complexity index is 796. The number of aromatic nitrogens is 4. The van der Waals surface area contributed by atoms with E-state index in [0.717, 1.165) is 28.6 Å². The highest BCUT2D eigenvalue weighted by Crippen LogP contribution is 2.21. The van der Waals surface area contributed by atoms with Gasteiger partial charge in [0.2, 0.25) is 0 Å². The van der Waals surface area contributed by atoms with Gasteiger partial charge in [-0.15, -0.1) is 10.2 Å². The maximum absolute atomic E-state index is 11.1. The molecule has 0 amide bonds. The number of hydrogen-bond acceptors (Lipinski definition) is 4. The smallest absolute Gasteiger partial charge is 0.325 e. The molecule has 1 saturated heterocycles. The van der Waals surface area contributed by atoms with Gasteiger partial charge in [-0.2, -0.15) is 0 Å². The van der Waals surface area contributed by atoms with Crippen LogP contribution in [0.3, 0.4) is 0 Å². The first-order valence-electron chi connectivity index (χ1n) is 6.86. The third kappa shape index (κ3) is 3.30. The molecule has 1 aliphatic heterocycles. The van der Waals surface area contributed by atoms with Crippen LogP contribution in [0.4, 0.5) is 0 Å². The highest BCUT2D eigenvalue weighted by Gasteiger charge is 2.06. The minimum Gasteiger partial charge on any atom is -0.381 e. The molecule has 0 radical (unpaired) electrons. The molecule has 2 aromatic heterocycles. The number of nitrogens with one attached hydrogen (secondary N) is 2. The molecule has 0 bridgehead atoms. The fourth-order valence-corrected chi connectivity index (χ4v) is 2.59. The lowest BCUT2D eigenvalue weighted by Crippen LogP contribution is -2.03. The normalized spacial score (nSPS) is 14.9. The molecule has 1 aliphatic rings. The highest BCUT2D eigenvalue weighted by atomic mass is 79.9. The van der Waals surface area contributed by atoms with E-state index >= 15 is 0 Å². The van der Waals surface area contributed by atoms with Crippen molar-refractivity contribution in [1.82, 2.24) is 20.2 Å². The first-order valence-corrected chi connectivity index (χ1v) is 7.65. The van der Waals surface area contributed by atoms with Gasteiger partial charge in [-0.05, 0) is 37.5 Å². The fourth-order valence-electron chi connectivity index (χ4n) is 2.23. The second-order valence-electron chi connectivity index (χ2n) is 4.84. The predicted molar refractivity (Wildman–Crippen MR) is 84.4 cm³/mol. The maximum Gasteiger partial charge on any atom is 0.325 e. The first-order chi connectivity index (χ1) is 10.2. The molecule has 2 N–H and O–H groups in total. The van der Waals surface area contributed by atoms with Crippen molar-refractivity contribution in [3.8, 4) is 0 Å². The van der Waals surface area contributed by atoms with Gasteiger partial charge >= 0.3 is 5.69 Å². The zero-order valence-electron chi connectivity index (χ0n) is 11.4. The van der Waals surface area contributed by atoms with Crippen molar-refractivity contribution in [2.45, 2.75) is 19.3 Å². The van der Waals surface area contributed by atoms with Gasteiger partial charge in [-0.3, -0.25) is 4.98 Å². The predicted octanol–water partition coefficient (Wildman–Crippen LogP) is 2.75. The van der Waals surface area contributed by atoms with Crippen molar-refractivity contribution in [3.63, 3.8) is 0 Å². The summed E-state index contributed by atoms with van der Waals surface area (Å²) in [5.41, 5.74) is 1.64. The van der Waals surface area contributed by atoms with Crippen LogP contribution in [0.25, 0.3) is 22.1 Å². The van der Waals surface area contributed by atoms with Crippen molar-refractivity contribution in [2.24, 2.45) is 0 Å². The Balaban J connectivity index is 0.000000186. The molecule has 0 unspecified atom stereocenters. The van der Waals surface area contributed by atoms with E-state index in [1.54, 1.807) is 0 Å². The summed E-state index contributed by atoms with van der Waals surface area (Å²) in [6.07, 6.45) is 3.93. The molecule has 0 spiro atoms. The number of rotatable bonds is 0. The number of halogens is 1. The molecule has 1 aromatic carbocycles. The van der Waals surface area contributed by atoms with Crippen LogP contribution >= 0.6 is 15.9 Å². The van der Waals surface area contributed by atoms with Gasteiger partial charge in [0.25, 0.3) is 0 Å². The lowest BCUT2D eigenvalue weighted by Gasteiger charge is -2.08. The van der Waals surface area contributed by atoms with Gasteiger partial charge < -0.3 is 9.72 Å². The van der Waals surface area contributed by atoms with E-state index in [1.807, 2.05) is 18.2 Å². The summed E-state index contributed by atoms with van der Waals surface area (Å²) < 4.78 is 6.01. The van der Waals surface area contributed by atoms with Crippen molar-refractivity contribution in [3.05, 3.63) is 33.2 Å².